The number of hydrogen-bond donors (Lipinski definition) is 1. The monoisotopic (exact) mass is 117 g/mol. The van der Waals surface area contributed by atoms with Gasteiger partial charge >= 0.3 is 0 Å². The molecule has 0 aromatic heterocycles. The zero-order chi connectivity index (χ0) is 2.00. The van der Waals surface area contributed by atoms with E-state index in [2.05, 4.69) is 0 Å². The molecule has 0 aliphatic rings. The van der Waals surface area contributed by atoms with Crippen LogP contribution in [0.1, 0.15) is 0 Å². The first kappa shape index (κ1) is 24.1. The maximum Gasteiger partial charge on any atom is 0.141 e. The van der Waals surface area contributed by atoms with Gasteiger partial charge in [0.15, 0.2) is 0 Å². The summed E-state index contributed by atoms with van der Waals surface area (Å²) in [6, 6.07) is 0. The standard InChI is InChI=1S/3Na.H4OSi/c;;;1-2/h;;;1H,2H3. The molecule has 0 aromatic rings. The molecule has 0 atom stereocenters. The van der Waals surface area contributed by atoms with Crippen LogP contribution >= 0.6 is 0 Å². The molecule has 0 rings (SSSR count). The van der Waals surface area contributed by atoms with Crippen molar-refractivity contribution in [1.82, 2.24) is 0 Å². The van der Waals surface area contributed by atoms with Gasteiger partial charge in [0.2, 0.25) is 0 Å². The topological polar surface area (TPSA) is 20.2 Å². The molecule has 0 saturated heterocycles. The maximum atomic E-state index is 7.14. The third-order valence-corrected chi connectivity index (χ3v) is 0. The van der Waals surface area contributed by atoms with Gasteiger partial charge in [-0.1, -0.05) is 0 Å². The molecular weight excluding hydrogens is 113 g/mol. The fourth-order valence-corrected chi connectivity index (χ4v) is 0. The Morgan fingerprint density at radius 3 is 0.800 bits per heavy atom. The van der Waals surface area contributed by atoms with Crippen LogP contribution in [0.5, 0.6) is 0 Å². The van der Waals surface area contributed by atoms with Gasteiger partial charge in [0.05, 0.1) is 0 Å². The second-order valence-corrected chi connectivity index (χ2v) is 0. The van der Waals surface area contributed by atoms with Crippen molar-refractivity contribution in [3.8, 4) is 0 Å². The van der Waals surface area contributed by atoms with Gasteiger partial charge in [0.1, 0.15) is 10.5 Å². The Labute approximate surface area is 102 Å². The molecule has 1 nitrogen and oxygen atoms in total. The van der Waals surface area contributed by atoms with Crippen molar-refractivity contribution in [3.05, 3.63) is 0 Å². The van der Waals surface area contributed by atoms with Gasteiger partial charge in [-0.15, -0.1) is 0 Å². The van der Waals surface area contributed by atoms with Gasteiger partial charge in [-0.25, -0.2) is 0 Å². The summed E-state index contributed by atoms with van der Waals surface area (Å²) in [5.74, 6) is 0. The van der Waals surface area contributed by atoms with Crippen molar-refractivity contribution >= 4 is 99.2 Å². The Morgan fingerprint density at radius 2 is 0.800 bits per heavy atom. The van der Waals surface area contributed by atoms with E-state index in [0.717, 1.165) is 0 Å². The van der Waals surface area contributed by atoms with Crippen LogP contribution in [-0.2, 0) is 0 Å². The molecule has 0 unspecified atom stereocenters. The van der Waals surface area contributed by atoms with Crippen LogP contribution in [0.2, 0.25) is 0 Å². The van der Waals surface area contributed by atoms with E-state index in [1.165, 1.54) is 0 Å². The molecule has 0 amide bonds. The van der Waals surface area contributed by atoms with Gasteiger partial charge in [-0.05, 0) is 0 Å². The first-order chi connectivity index (χ1) is 1.00. The Morgan fingerprint density at radius 1 is 0.800 bits per heavy atom. The normalized spacial score (nSPS) is 1.80. The summed E-state index contributed by atoms with van der Waals surface area (Å²) in [7, 11) is 0.306. The molecule has 0 aliphatic heterocycles. The van der Waals surface area contributed by atoms with Crippen molar-refractivity contribution < 1.29 is 4.80 Å². The van der Waals surface area contributed by atoms with Crippen LogP contribution in [0.15, 0.2) is 0 Å². The van der Waals surface area contributed by atoms with E-state index < -0.39 is 0 Å². The molecule has 17 valence electrons. The summed E-state index contributed by atoms with van der Waals surface area (Å²) in [5, 5.41) is 0. The zero-order valence-corrected chi connectivity index (χ0v) is 12.4. The van der Waals surface area contributed by atoms with Gasteiger partial charge in [0, 0.05) is 88.7 Å². The van der Waals surface area contributed by atoms with Crippen molar-refractivity contribution in [2.75, 3.05) is 0 Å². The Kier molecular flexibility index (Phi) is 131. The van der Waals surface area contributed by atoms with Crippen LogP contribution < -0.4 is 0 Å². The van der Waals surface area contributed by atoms with Crippen LogP contribution in [0.3, 0.4) is 0 Å². The van der Waals surface area contributed by atoms with Crippen LogP contribution in [-0.4, -0.2) is 104 Å². The summed E-state index contributed by atoms with van der Waals surface area (Å²) < 4.78 is 0. The molecule has 0 saturated carbocycles. The second-order valence-electron chi connectivity index (χ2n) is 0. The molecule has 0 aliphatic carbocycles. The largest absolute Gasteiger partial charge is 0.442 e. The summed E-state index contributed by atoms with van der Waals surface area (Å²) >= 11 is 0. The molecule has 5 heteroatoms. The van der Waals surface area contributed by atoms with E-state index in [1.807, 2.05) is 0 Å². The quantitative estimate of drug-likeness (QED) is 0.338. The van der Waals surface area contributed by atoms with Crippen LogP contribution in [0, 0.1) is 0 Å². The molecule has 0 bridgehead atoms. The predicted octanol–water partition coefficient (Wildman–Crippen LogP) is -2.88. The number of hydrogen-bond acceptors (Lipinski definition) is 1. The predicted molar refractivity (Wildman–Crippen MR) is 29.4 cm³/mol. The molecule has 0 heterocycles. The Bertz CT molecular complexity index is 6.85. The first-order valence-electron chi connectivity index (χ1n) is 0.447. The molecule has 1 N–H and O–H groups in total. The van der Waals surface area contributed by atoms with E-state index in [0.29, 0.717) is 10.5 Å². The molecule has 0 fully saturated rings. The molecule has 3 radical (unpaired) electrons. The fraction of sp³-hybridized carbons (Fsp3) is 0. The van der Waals surface area contributed by atoms with E-state index in [1.54, 1.807) is 0 Å². The average Bonchev–Trinajstić information content (AvgIpc) is 1.00. The van der Waals surface area contributed by atoms with E-state index in [9.17, 15) is 0 Å². The first-order valence-corrected chi connectivity index (χ1v) is 1.34. The fourth-order valence-electron chi connectivity index (χ4n) is 0. The smallest absolute Gasteiger partial charge is 0.141 e. The van der Waals surface area contributed by atoms with Gasteiger partial charge in [-0.2, -0.15) is 0 Å². The summed E-state index contributed by atoms with van der Waals surface area (Å²) in [6.07, 6.45) is 0. The van der Waals surface area contributed by atoms with Crippen molar-refractivity contribution in [2.45, 2.75) is 0 Å². The molecule has 0 aromatic carbocycles. The van der Waals surface area contributed by atoms with E-state index in [-0.39, 0.29) is 88.7 Å². The van der Waals surface area contributed by atoms with Gasteiger partial charge in [0.25, 0.3) is 0 Å². The minimum absolute atomic E-state index is 0. The minimum Gasteiger partial charge on any atom is -0.442 e. The second kappa shape index (κ2) is 27.1. The zero-order valence-electron chi connectivity index (χ0n) is 4.45. The van der Waals surface area contributed by atoms with Gasteiger partial charge in [-0.3, -0.25) is 0 Å². The maximum absolute atomic E-state index is 7.14. The van der Waals surface area contributed by atoms with Crippen molar-refractivity contribution in [2.24, 2.45) is 0 Å². The van der Waals surface area contributed by atoms with Crippen molar-refractivity contribution in [3.63, 3.8) is 0 Å². The Balaban J connectivity index is -0.00000000167. The van der Waals surface area contributed by atoms with E-state index >= 15 is 0 Å². The Hall–Kier alpha value is 3.18. The summed E-state index contributed by atoms with van der Waals surface area (Å²) in [6.45, 7) is 0. The molecule has 0 spiro atoms. The van der Waals surface area contributed by atoms with Crippen molar-refractivity contribution in [1.29, 1.82) is 0 Å². The van der Waals surface area contributed by atoms with Gasteiger partial charge < -0.3 is 4.80 Å². The average molecular weight is 117 g/mol. The summed E-state index contributed by atoms with van der Waals surface area (Å²) in [5.41, 5.74) is 0. The van der Waals surface area contributed by atoms with Crippen LogP contribution in [0.4, 0.5) is 0 Å². The minimum atomic E-state index is 0. The van der Waals surface area contributed by atoms with E-state index in [4.69, 9.17) is 4.80 Å². The van der Waals surface area contributed by atoms with Crippen LogP contribution in [0.25, 0.3) is 0 Å². The number of rotatable bonds is 0. The molecular formula is H4Na3OSi. The third-order valence-electron chi connectivity index (χ3n) is 0. The summed E-state index contributed by atoms with van der Waals surface area (Å²) in [4.78, 5) is 7.14. The molecule has 5 heavy (non-hydrogen) atoms. The third kappa shape index (κ3) is 19.1. The SMILES string of the molecule is O[SiH3].[Na].[Na].[Na].